The molecule has 0 bridgehead atoms. The topological polar surface area (TPSA) is 36.4 Å². The lowest BCUT2D eigenvalue weighted by Crippen LogP contribution is -2.41. The molecule has 1 aromatic carbocycles. The largest absolute Gasteiger partial charge is 0.356 e. The van der Waals surface area contributed by atoms with Crippen LogP contribution in [0.3, 0.4) is 0 Å². The van der Waals surface area contributed by atoms with Crippen molar-refractivity contribution < 1.29 is 0 Å². The molecule has 0 amide bonds. The average molecular weight is 310 g/mol. The van der Waals surface area contributed by atoms with Crippen LogP contribution in [0.15, 0.2) is 40.2 Å². The van der Waals surface area contributed by atoms with Crippen LogP contribution in [0, 0.1) is 0 Å². The first-order valence-corrected chi connectivity index (χ1v) is 9.16. The van der Waals surface area contributed by atoms with Gasteiger partial charge in [0.15, 0.2) is 5.96 Å². The Bertz CT molecular complexity index is 403. The second kappa shape index (κ2) is 9.19. The molecular formula is C15H23N3S2. The molecule has 3 nitrogen and oxygen atoms in total. The Morgan fingerprint density at radius 2 is 2.20 bits per heavy atom. The number of aliphatic imine (C=N–C) groups is 1. The summed E-state index contributed by atoms with van der Waals surface area (Å²) in [5, 5.41) is 7.55. The highest BCUT2D eigenvalue weighted by atomic mass is 32.2. The fraction of sp³-hybridized carbons (Fsp3) is 0.533. The molecule has 0 aliphatic carbocycles. The van der Waals surface area contributed by atoms with Crippen molar-refractivity contribution in [3.8, 4) is 0 Å². The average Bonchev–Trinajstić information content (AvgIpc) is 3.01. The van der Waals surface area contributed by atoms with Gasteiger partial charge >= 0.3 is 0 Å². The molecule has 1 heterocycles. The maximum Gasteiger partial charge on any atom is 0.191 e. The molecule has 0 radical (unpaired) electrons. The van der Waals surface area contributed by atoms with Gasteiger partial charge in [-0.15, -0.1) is 11.8 Å². The summed E-state index contributed by atoms with van der Waals surface area (Å²) in [7, 11) is 1.83. The molecule has 1 saturated heterocycles. The Labute approximate surface area is 130 Å². The smallest absolute Gasteiger partial charge is 0.191 e. The molecule has 0 saturated carbocycles. The molecule has 5 heteroatoms. The molecule has 2 rings (SSSR count). The van der Waals surface area contributed by atoms with E-state index in [1.165, 1.54) is 23.5 Å². The van der Waals surface area contributed by atoms with Gasteiger partial charge < -0.3 is 10.6 Å². The second-order valence-electron chi connectivity index (χ2n) is 4.68. The molecule has 1 aliphatic heterocycles. The molecule has 1 fully saturated rings. The zero-order valence-corrected chi connectivity index (χ0v) is 13.6. The van der Waals surface area contributed by atoms with E-state index in [0.29, 0.717) is 0 Å². The highest BCUT2D eigenvalue weighted by Crippen LogP contribution is 2.25. The third kappa shape index (κ3) is 5.67. The minimum Gasteiger partial charge on any atom is -0.356 e. The number of benzene rings is 1. The summed E-state index contributed by atoms with van der Waals surface area (Å²) in [6.45, 7) is 1.95. The molecule has 2 N–H and O–H groups in total. The molecular weight excluding hydrogens is 286 g/mol. The van der Waals surface area contributed by atoms with E-state index < -0.39 is 0 Å². The van der Waals surface area contributed by atoms with Crippen molar-refractivity contribution >= 4 is 29.5 Å². The number of nitrogens with zero attached hydrogens (tertiary/aromatic N) is 1. The van der Waals surface area contributed by atoms with Gasteiger partial charge in [0.05, 0.1) is 0 Å². The van der Waals surface area contributed by atoms with Gasteiger partial charge in [-0.25, -0.2) is 0 Å². The van der Waals surface area contributed by atoms with Crippen molar-refractivity contribution in [2.75, 3.05) is 31.6 Å². The number of hydrogen-bond donors (Lipinski definition) is 2. The normalized spacial score (nSPS) is 19.1. The molecule has 1 aliphatic rings. The minimum absolute atomic E-state index is 0.757. The summed E-state index contributed by atoms with van der Waals surface area (Å²) in [5.74, 6) is 3.28. The van der Waals surface area contributed by atoms with E-state index in [9.17, 15) is 0 Å². The summed E-state index contributed by atoms with van der Waals surface area (Å²) in [6.07, 6.45) is 2.69. The Morgan fingerprint density at radius 1 is 1.35 bits per heavy atom. The summed E-state index contributed by atoms with van der Waals surface area (Å²) in [5.41, 5.74) is 0. The van der Waals surface area contributed by atoms with Gasteiger partial charge in [-0.1, -0.05) is 18.2 Å². The van der Waals surface area contributed by atoms with Crippen LogP contribution in [0.2, 0.25) is 0 Å². The zero-order valence-electron chi connectivity index (χ0n) is 12.0. The van der Waals surface area contributed by atoms with Crippen molar-refractivity contribution in [2.45, 2.75) is 23.0 Å². The number of thioether (sulfide) groups is 2. The van der Waals surface area contributed by atoms with Crippen LogP contribution >= 0.6 is 23.5 Å². The van der Waals surface area contributed by atoms with Crippen molar-refractivity contribution in [1.82, 2.24) is 10.6 Å². The van der Waals surface area contributed by atoms with E-state index in [1.807, 2.05) is 18.8 Å². The van der Waals surface area contributed by atoms with Crippen LogP contribution in [0.5, 0.6) is 0 Å². The lowest BCUT2D eigenvalue weighted by molar-refractivity contribution is 0.731. The SMILES string of the molecule is CN=C(NCCSc1ccccc1)NCC1CCCS1. The Morgan fingerprint density at radius 3 is 2.90 bits per heavy atom. The van der Waals surface area contributed by atoms with Gasteiger partial charge in [-0.3, -0.25) is 4.99 Å². The minimum atomic E-state index is 0.757. The predicted octanol–water partition coefficient (Wildman–Crippen LogP) is 2.84. The monoisotopic (exact) mass is 309 g/mol. The lowest BCUT2D eigenvalue weighted by atomic mass is 10.2. The fourth-order valence-corrected chi connectivity index (χ4v) is 4.08. The summed E-state index contributed by atoms with van der Waals surface area (Å²) in [4.78, 5) is 5.59. The van der Waals surface area contributed by atoms with E-state index in [0.717, 1.165) is 30.1 Å². The molecule has 1 unspecified atom stereocenters. The van der Waals surface area contributed by atoms with Gasteiger partial charge in [0.1, 0.15) is 0 Å². The summed E-state index contributed by atoms with van der Waals surface area (Å²) >= 11 is 3.94. The van der Waals surface area contributed by atoms with E-state index in [1.54, 1.807) is 0 Å². The standard InChI is InChI=1S/C15H23N3S2/c1-16-15(18-12-14-8-5-10-19-14)17-9-11-20-13-6-3-2-4-7-13/h2-4,6-7,14H,5,8-12H2,1H3,(H2,16,17,18). The van der Waals surface area contributed by atoms with Crippen LogP contribution in [0.1, 0.15) is 12.8 Å². The molecule has 1 aromatic rings. The van der Waals surface area contributed by atoms with Crippen LogP contribution in [0.4, 0.5) is 0 Å². The number of rotatable bonds is 6. The highest BCUT2D eigenvalue weighted by Gasteiger charge is 2.15. The molecule has 1 atom stereocenters. The maximum absolute atomic E-state index is 4.27. The van der Waals surface area contributed by atoms with E-state index >= 15 is 0 Å². The van der Waals surface area contributed by atoms with E-state index in [-0.39, 0.29) is 0 Å². The Balaban J connectivity index is 1.59. The van der Waals surface area contributed by atoms with Crippen molar-refractivity contribution in [3.63, 3.8) is 0 Å². The molecule has 0 spiro atoms. The van der Waals surface area contributed by atoms with Crippen LogP contribution < -0.4 is 10.6 Å². The van der Waals surface area contributed by atoms with Crippen LogP contribution in [-0.2, 0) is 0 Å². The van der Waals surface area contributed by atoms with Crippen molar-refractivity contribution in [2.24, 2.45) is 4.99 Å². The predicted molar refractivity (Wildman–Crippen MR) is 92.0 cm³/mol. The molecule has 110 valence electrons. The third-order valence-corrected chi connectivity index (χ3v) is 5.56. The van der Waals surface area contributed by atoms with Crippen LogP contribution in [0.25, 0.3) is 0 Å². The van der Waals surface area contributed by atoms with E-state index in [4.69, 9.17) is 0 Å². The van der Waals surface area contributed by atoms with Gasteiger partial charge in [0.25, 0.3) is 0 Å². The fourth-order valence-electron chi connectivity index (χ4n) is 2.09. The lowest BCUT2D eigenvalue weighted by Gasteiger charge is -2.14. The molecule has 0 aromatic heterocycles. The first-order chi connectivity index (χ1) is 9.88. The van der Waals surface area contributed by atoms with Crippen molar-refractivity contribution in [3.05, 3.63) is 30.3 Å². The highest BCUT2D eigenvalue weighted by molar-refractivity contribution is 8.00. The maximum atomic E-state index is 4.27. The van der Waals surface area contributed by atoms with Gasteiger partial charge in [-0.05, 0) is 30.7 Å². The quantitative estimate of drug-likeness (QED) is 0.367. The number of hydrogen-bond acceptors (Lipinski definition) is 3. The number of guanidine groups is 1. The number of nitrogens with one attached hydrogen (secondary N) is 2. The molecule has 20 heavy (non-hydrogen) atoms. The second-order valence-corrected chi connectivity index (χ2v) is 7.25. The Kier molecular flexibility index (Phi) is 7.15. The zero-order chi connectivity index (χ0) is 14.0. The van der Waals surface area contributed by atoms with E-state index in [2.05, 4.69) is 57.7 Å². The first kappa shape index (κ1) is 15.6. The van der Waals surface area contributed by atoms with Gasteiger partial charge in [-0.2, -0.15) is 11.8 Å². The third-order valence-electron chi connectivity index (χ3n) is 3.15. The van der Waals surface area contributed by atoms with Gasteiger partial charge in [0.2, 0.25) is 0 Å². The summed E-state index contributed by atoms with van der Waals surface area (Å²) < 4.78 is 0. The first-order valence-electron chi connectivity index (χ1n) is 7.12. The van der Waals surface area contributed by atoms with Crippen molar-refractivity contribution in [1.29, 1.82) is 0 Å². The van der Waals surface area contributed by atoms with Gasteiger partial charge in [0, 0.05) is 36.0 Å². The summed E-state index contributed by atoms with van der Waals surface area (Å²) in [6, 6.07) is 10.5. The van der Waals surface area contributed by atoms with Crippen LogP contribution in [-0.4, -0.2) is 42.9 Å². The Hall–Kier alpha value is -0.810.